The molecule has 1 aliphatic heterocycles. The van der Waals surface area contributed by atoms with Crippen molar-refractivity contribution >= 4 is 33.2 Å². The van der Waals surface area contributed by atoms with Crippen LogP contribution in [0.25, 0.3) is 0 Å². The normalized spacial score (nSPS) is 16.1. The molecule has 2 amide bonds. The summed E-state index contributed by atoms with van der Waals surface area (Å²) in [5.41, 5.74) is 2.37. The number of rotatable bonds is 7. The van der Waals surface area contributed by atoms with E-state index in [2.05, 4.69) is 15.0 Å². The number of pyridine rings is 1. The predicted molar refractivity (Wildman–Crippen MR) is 141 cm³/mol. The molecule has 1 saturated heterocycles. The van der Waals surface area contributed by atoms with Crippen LogP contribution >= 0.6 is 0 Å². The maximum Gasteiger partial charge on any atom is 0.281 e. The van der Waals surface area contributed by atoms with Crippen molar-refractivity contribution in [3.8, 4) is 0 Å². The summed E-state index contributed by atoms with van der Waals surface area (Å²) in [5, 5.41) is 2.65. The van der Waals surface area contributed by atoms with Crippen molar-refractivity contribution in [2.75, 3.05) is 18.4 Å². The minimum absolute atomic E-state index is 0.145. The van der Waals surface area contributed by atoms with Crippen molar-refractivity contribution in [2.24, 2.45) is 5.92 Å². The number of amides is 2. The number of nitrogens with zero attached hydrogens (tertiary/aromatic N) is 2. The summed E-state index contributed by atoms with van der Waals surface area (Å²) in [5.74, 6) is -1.78. The van der Waals surface area contributed by atoms with Gasteiger partial charge < -0.3 is 10.2 Å². The van der Waals surface area contributed by atoms with Gasteiger partial charge in [-0.3, -0.25) is 9.59 Å². The Kier molecular flexibility index (Phi) is 7.35. The summed E-state index contributed by atoms with van der Waals surface area (Å²) in [6.07, 6.45) is 3.83. The number of carbonyl (C=O) groups excluding carboxylic acids is 2. The first-order valence-electron chi connectivity index (χ1n) is 12.8. The zero-order valence-corrected chi connectivity index (χ0v) is 22.1. The highest BCUT2D eigenvalue weighted by atomic mass is 32.2. The summed E-state index contributed by atoms with van der Waals surface area (Å²) in [7, 11) is -4.27. The number of nitrogens with one attached hydrogen (secondary N) is 2. The third-order valence-corrected chi connectivity index (χ3v) is 8.39. The molecule has 8 nitrogen and oxygen atoms in total. The Balaban J connectivity index is 1.41. The number of anilines is 2. The molecule has 0 unspecified atom stereocenters. The van der Waals surface area contributed by atoms with E-state index in [-0.39, 0.29) is 34.8 Å². The SMILES string of the molecule is Cc1cc(F)ccc1Nc1cc(S(=O)(=O)NC(=O)C2CC2)ncc1C(=O)N1CCC(c2ccc(F)cc2)CC1. The number of sulfonamides is 1. The minimum atomic E-state index is -4.27. The van der Waals surface area contributed by atoms with Crippen LogP contribution in [-0.2, 0) is 14.8 Å². The van der Waals surface area contributed by atoms with Gasteiger partial charge in [-0.2, -0.15) is 8.42 Å². The van der Waals surface area contributed by atoms with Gasteiger partial charge in [0, 0.05) is 37.0 Å². The van der Waals surface area contributed by atoms with Crippen LogP contribution in [0.15, 0.2) is 59.8 Å². The molecular weight excluding hydrogens is 526 g/mol. The highest BCUT2D eigenvalue weighted by Crippen LogP contribution is 2.32. The third kappa shape index (κ3) is 6.08. The first-order chi connectivity index (χ1) is 18.6. The number of hydrogen-bond donors (Lipinski definition) is 2. The van der Waals surface area contributed by atoms with Gasteiger partial charge in [0.25, 0.3) is 15.9 Å². The second-order valence-electron chi connectivity index (χ2n) is 10.0. The Morgan fingerprint density at radius 1 is 0.923 bits per heavy atom. The molecule has 0 radical (unpaired) electrons. The van der Waals surface area contributed by atoms with E-state index in [1.165, 1.54) is 42.6 Å². The molecule has 1 aromatic heterocycles. The van der Waals surface area contributed by atoms with Gasteiger partial charge in [0.05, 0.1) is 11.3 Å². The van der Waals surface area contributed by atoms with Crippen molar-refractivity contribution in [2.45, 2.75) is 43.6 Å². The number of halogens is 2. The Morgan fingerprint density at radius 3 is 2.23 bits per heavy atom. The van der Waals surface area contributed by atoms with Gasteiger partial charge in [0.1, 0.15) is 11.6 Å². The van der Waals surface area contributed by atoms with Crippen LogP contribution in [0.5, 0.6) is 0 Å². The van der Waals surface area contributed by atoms with Gasteiger partial charge in [0.15, 0.2) is 5.03 Å². The fraction of sp³-hybridized carbons (Fsp3) is 0.321. The number of piperidine rings is 1. The van der Waals surface area contributed by atoms with Crippen LogP contribution in [0.4, 0.5) is 20.2 Å². The molecule has 0 atom stereocenters. The number of hydrogen-bond acceptors (Lipinski definition) is 6. The lowest BCUT2D eigenvalue weighted by Gasteiger charge is -2.32. The van der Waals surface area contributed by atoms with E-state index in [4.69, 9.17) is 0 Å². The molecule has 2 N–H and O–H groups in total. The van der Waals surface area contributed by atoms with Gasteiger partial charge in [-0.1, -0.05) is 12.1 Å². The van der Waals surface area contributed by atoms with E-state index in [0.717, 1.165) is 5.56 Å². The maximum atomic E-state index is 13.7. The number of likely N-dealkylation sites (tertiary alicyclic amines) is 1. The largest absolute Gasteiger partial charge is 0.355 e. The Labute approximate surface area is 225 Å². The Bertz CT molecular complexity index is 1520. The van der Waals surface area contributed by atoms with Crippen molar-refractivity contribution in [1.29, 1.82) is 0 Å². The van der Waals surface area contributed by atoms with Gasteiger partial charge in [0.2, 0.25) is 5.91 Å². The van der Waals surface area contributed by atoms with E-state index >= 15 is 0 Å². The molecule has 2 fully saturated rings. The van der Waals surface area contributed by atoms with E-state index in [9.17, 15) is 26.8 Å². The quantitative estimate of drug-likeness (QED) is 0.440. The lowest BCUT2D eigenvalue weighted by atomic mass is 9.89. The Hall–Kier alpha value is -3.86. The molecule has 3 aromatic rings. The van der Waals surface area contributed by atoms with Crippen LogP contribution in [-0.4, -0.2) is 43.2 Å². The van der Waals surface area contributed by atoms with Crippen LogP contribution in [0.3, 0.4) is 0 Å². The predicted octanol–water partition coefficient (Wildman–Crippen LogP) is 4.65. The fourth-order valence-electron chi connectivity index (χ4n) is 4.70. The first-order valence-corrected chi connectivity index (χ1v) is 14.2. The van der Waals surface area contributed by atoms with E-state index in [0.29, 0.717) is 50.0 Å². The van der Waals surface area contributed by atoms with Crippen LogP contribution in [0.2, 0.25) is 0 Å². The van der Waals surface area contributed by atoms with E-state index in [1.54, 1.807) is 24.0 Å². The van der Waals surface area contributed by atoms with Crippen LogP contribution < -0.4 is 10.0 Å². The lowest BCUT2D eigenvalue weighted by Crippen LogP contribution is -2.38. The summed E-state index contributed by atoms with van der Waals surface area (Å²) in [6, 6.07) is 11.7. The van der Waals surface area contributed by atoms with Gasteiger partial charge in [-0.05, 0) is 80.0 Å². The van der Waals surface area contributed by atoms with Crippen molar-refractivity contribution < 1.29 is 26.8 Å². The smallest absolute Gasteiger partial charge is 0.281 e. The molecule has 11 heteroatoms. The van der Waals surface area contributed by atoms with Crippen LogP contribution in [0.1, 0.15) is 53.1 Å². The molecule has 204 valence electrons. The first kappa shape index (κ1) is 26.7. The molecular formula is C28H28F2N4O4S. The monoisotopic (exact) mass is 554 g/mol. The lowest BCUT2D eigenvalue weighted by molar-refractivity contribution is -0.120. The average Bonchev–Trinajstić information content (AvgIpc) is 3.76. The molecule has 1 aliphatic carbocycles. The average molecular weight is 555 g/mol. The number of benzene rings is 2. The van der Waals surface area contributed by atoms with Crippen molar-refractivity contribution in [3.05, 3.63) is 83.1 Å². The number of aromatic nitrogens is 1. The summed E-state index contributed by atoms with van der Waals surface area (Å²) < 4.78 is 54.8. The molecule has 0 bridgehead atoms. The van der Waals surface area contributed by atoms with Gasteiger partial charge >= 0.3 is 0 Å². The molecule has 2 aliphatic rings. The molecule has 39 heavy (non-hydrogen) atoms. The summed E-state index contributed by atoms with van der Waals surface area (Å²) in [4.78, 5) is 31.4. The molecule has 2 aromatic carbocycles. The van der Waals surface area contributed by atoms with Crippen LogP contribution in [0, 0.1) is 24.5 Å². The third-order valence-electron chi connectivity index (χ3n) is 7.15. The second kappa shape index (κ2) is 10.7. The highest BCUT2D eigenvalue weighted by Gasteiger charge is 2.34. The molecule has 0 spiro atoms. The highest BCUT2D eigenvalue weighted by molar-refractivity contribution is 7.90. The van der Waals surface area contributed by atoms with Crippen molar-refractivity contribution in [3.63, 3.8) is 0 Å². The Morgan fingerprint density at radius 2 is 1.59 bits per heavy atom. The zero-order valence-electron chi connectivity index (χ0n) is 21.3. The zero-order chi connectivity index (χ0) is 27.7. The van der Waals surface area contributed by atoms with Gasteiger partial charge in [-0.15, -0.1) is 0 Å². The summed E-state index contributed by atoms with van der Waals surface area (Å²) in [6.45, 7) is 2.59. The van der Waals surface area contributed by atoms with Gasteiger partial charge in [-0.25, -0.2) is 18.5 Å². The standard InChI is InChI=1S/C28H28F2N4O4S/c1-17-14-22(30)8-9-24(17)32-25-15-26(39(37,38)33-27(35)20-2-3-20)31-16-23(25)28(36)34-12-10-19(11-13-34)18-4-6-21(29)7-5-18/h4-9,14-16,19-20H,2-3,10-13H2,1H3,(H,31,32)(H,33,35). The number of carbonyl (C=O) groups is 2. The maximum absolute atomic E-state index is 13.7. The fourth-order valence-corrected chi connectivity index (χ4v) is 5.70. The molecule has 5 rings (SSSR count). The molecule has 2 heterocycles. The second-order valence-corrected chi connectivity index (χ2v) is 11.6. The number of aryl methyl sites for hydroxylation is 1. The topological polar surface area (TPSA) is 108 Å². The van der Waals surface area contributed by atoms with Crippen molar-refractivity contribution in [1.82, 2.24) is 14.6 Å². The van der Waals surface area contributed by atoms with E-state index in [1.807, 2.05) is 0 Å². The summed E-state index contributed by atoms with van der Waals surface area (Å²) >= 11 is 0. The minimum Gasteiger partial charge on any atom is -0.355 e. The molecule has 1 saturated carbocycles. The van der Waals surface area contributed by atoms with E-state index < -0.39 is 26.8 Å².